The zero-order valence-corrected chi connectivity index (χ0v) is 12.5. The van der Waals surface area contributed by atoms with Gasteiger partial charge < -0.3 is 4.74 Å². The van der Waals surface area contributed by atoms with Crippen LogP contribution in [0.2, 0.25) is 0 Å². The summed E-state index contributed by atoms with van der Waals surface area (Å²) < 4.78 is 29.7. The summed E-state index contributed by atoms with van der Waals surface area (Å²) >= 11 is 0. The average Bonchev–Trinajstić information content (AvgIpc) is 2.48. The van der Waals surface area contributed by atoms with Crippen molar-refractivity contribution in [3.05, 3.63) is 34.4 Å². The van der Waals surface area contributed by atoms with Crippen molar-refractivity contribution in [1.29, 1.82) is 0 Å². The number of nitro groups is 1. The monoisotopic (exact) mass is 313 g/mol. The first kappa shape index (κ1) is 15.9. The molecule has 0 saturated heterocycles. The van der Waals surface area contributed by atoms with Gasteiger partial charge in [-0.05, 0) is 24.8 Å². The summed E-state index contributed by atoms with van der Waals surface area (Å²) in [6.07, 6.45) is 5.66. The van der Waals surface area contributed by atoms with Gasteiger partial charge in [0.25, 0.3) is 5.69 Å². The molecule has 2 rings (SSSR count). The fourth-order valence-electron chi connectivity index (χ4n) is 2.61. The van der Waals surface area contributed by atoms with Crippen LogP contribution in [0, 0.1) is 16.0 Å². The molecule has 0 aromatic heterocycles. The van der Waals surface area contributed by atoms with Crippen molar-refractivity contribution < 1.29 is 18.1 Å². The maximum Gasteiger partial charge on any atom is 0.288 e. The van der Waals surface area contributed by atoms with Gasteiger partial charge in [-0.2, -0.15) is 0 Å². The van der Waals surface area contributed by atoms with Crippen molar-refractivity contribution in [2.75, 3.05) is 12.5 Å². The molecule has 0 N–H and O–H groups in total. The number of rotatable bonds is 6. The Morgan fingerprint density at radius 2 is 1.86 bits per heavy atom. The standard InChI is InChI=1S/C14H19NO5S/c16-15(17)13-8-4-5-9-14(13)21(18,19)11-20-10-12-6-2-1-3-7-12/h4-5,8-9,12H,1-3,6-7,10-11H2. The number of nitro benzene ring substituents is 1. The van der Waals surface area contributed by atoms with E-state index >= 15 is 0 Å². The summed E-state index contributed by atoms with van der Waals surface area (Å²) in [6, 6.07) is 5.35. The summed E-state index contributed by atoms with van der Waals surface area (Å²) in [6.45, 7) is 0.403. The fraction of sp³-hybridized carbons (Fsp3) is 0.571. The van der Waals surface area contributed by atoms with E-state index in [1.165, 1.54) is 30.7 Å². The molecule has 0 atom stereocenters. The molecule has 0 aliphatic heterocycles. The van der Waals surface area contributed by atoms with E-state index in [2.05, 4.69) is 0 Å². The van der Waals surface area contributed by atoms with E-state index < -0.39 is 26.4 Å². The summed E-state index contributed by atoms with van der Waals surface area (Å²) in [4.78, 5) is 9.92. The molecule has 21 heavy (non-hydrogen) atoms. The highest BCUT2D eigenvalue weighted by Gasteiger charge is 2.25. The second kappa shape index (κ2) is 7.00. The van der Waals surface area contributed by atoms with Crippen LogP contribution < -0.4 is 0 Å². The lowest BCUT2D eigenvalue weighted by Crippen LogP contribution is -2.18. The van der Waals surface area contributed by atoms with Crippen LogP contribution in [0.25, 0.3) is 0 Å². The molecule has 1 aliphatic rings. The van der Waals surface area contributed by atoms with Gasteiger partial charge in [0.2, 0.25) is 9.84 Å². The van der Waals surface area contributed by atoms with Crippen molar-refractivity contribution in [3.63, 3.8) is 0 Å². The van der Waals surface area contributed by atoms with E-state index in [9.17, 15) is 18.5 Å². The SMILES string of the molecule is O=[N+]([O-])c1ccccc1S(=O)(=O)COCC1CCCCC1. The van der Waals surface area contributed by atoms with Gasteiger partial charge in [0, 0.05) is 6.07 Å². The first-order valence-electron chi connectivity index (χ1n) is 7.04. The third-order valence-electron chi connectivity index (χ3n) is 3.71. The minimum Gasteiger partial charge on any atom is -0.365 e. The zero-order chi connectivity index (χ0) is 15.3. The molecule has 0 radical (unpaired) electrons. The maximum atomic E-state index is 12.2. The highest BCUT2D eigenvalue weighted by molar-refractivity contribution is 7.91. The molecule has 1 aromatic carbocycles. The molecule has 1 aromatic rings. The van der Waals surface area contributed by atoms with E-state index in [0.717, 1.165) is 25.7 Å². The number of ether oxygens (including phenoxy) is 1. The molecule has 0 spiro atoms. The van der Waals surface area contributed by atoms with Crippen LogP contribution in [0.4, 0.5) is 5.69 Å². The Labute approximate surface area is 124 Å². The third kappa shape index (κ3) is 4.25. The smallest absolute Gasteiger partial charge is 0.288 e. The highest BCUT2D eigenvalue weighted by atomic mass is 32.2. The average molecular weight is 313 g/mol. The summed E-state index contributed by atoms with van der Waals surface area (Å²) in [5.74, 6) is -0.103. The number of hydrogen-bond acceptors (Lipinski definition) is 5. The van der Waals surface area contributed by atoms with E-state index in [1.54, 1.807) is 0 Å². The number of hydrogen-bond donors (Lipinski definition) is 0. The van der Waals surface area contributed by atoms with E-state index in [0.29, 0.717) is 12.5 Å². The van der Waals surface area contributed by atoms with E-state index in [4.69, 9.17) is 4.74 Å². The Morgan fingerprint density at radius 3 is 2.52 bits per heavy atom. The van der Waals surface area contributed by atoms with Crippen molar-refractivity contribution >= 4 is 15.5 Å². The molecule has 1 fully saturated rings. The van der Waals surface area contributed by atoms with Crippen molar-refractivity contribution in [1.82, 2.24) is 0 Å². The van der Waals surface area contributed by atoms with Crippen LogP contribution in [-0.2, 0) is 14.6 Å². The zero-order valence-electron chi connectivity index (χ0n) is 11.7. The molecule has 0 unspecified atom stereocenters. The van der Waals surface area contributed by atoms with Crippen LogP contribution in [-0.4, -0.2) is 25.9 Å². The lowest BCUT2D eigenvalue weighted by molar-refractivity contribution is -0.387. The first-order valence-corrected chi connectivity index (χ1v) is 8.70. The van der Waals surface area contributed by atoms with Gasteiger partial charge in [-0.25, -0.2) is 8.42 Å². The minimum atomic E-state index is -3.80. The molecule has 0 bridgehead atoms. The Morgan fingerprint density at radius 1 is 1.19 bits per heavy atom. The molecular formula is C14H19NO5S. The molecule has 1 saturated carbocycles. The van der Waals surface area contributed by atoms with Crippen LogP contribution >= 0.6 is 0 Å². The van der Waals surface area contributed by atoms with Gasteiger partial charge in [-0.1, -0.05) is 31.4 Å². The van der Waals surface area contributed by atoms with Gasteiger partial charge >= 0.3 is 0 Å². The van der Waals surface area contributed by atoms with Crippen molar-refractivity contribution in [3.8, 4) is 0 Å². The second-order valence-electron chi connectivity index (χ2n) is 5.33. The van der Waals surface area contributed by atoms with Crippen LogP contribution in [0.15, 0.2) is 29.2 Å². The fourth-order valence-corrected chi connectivity index (χ4v) is 3.80. The van der Waals surface area contributed by atoms with Crippen molar-refractivity contribution in [2.24, 2.45) is 5.92 Å². The van der Waals surface area contributed by atoms with Crippen LogP contribution in [0.3, 0.4) is 0 Å². The Balaban J connectivity index is 2.00. The number of para-hydroxylation sites is 1. The van der Waals surface area contributed by atoms with Crippen LogP contribution in [0.5, 0.6) is 0 Å². The maximum absolute atomic E-state index is 12.2. The molecule has 1 aliphatic carbocycles. The number of sulfone groups is 1. The summed E-state index contributed by atoms with van der Waals surface area (Å²) in [5, 5.41) is 10.9. The van der Waals surface area contributed by atoms with Crippen molar-refractivity contribution in [2.45, 2.75) is 37.0 Å². The topological polar surface area (TPSA) is 86.5 Å². The Hall–Kier alpha value is -1.47. The van der Waals surface area contributed by atoms with Crippen LogP contribution in [0.1, 0.15) is 32.1 Å². The Kier molecular flexibility index (Phi) is 5.30. The molecule has 6 nitrogen and oxygen atoms in total. The summed E-state index contributed by atoms with van der Waals surface area (Å²) in [5.41, 5.74) is -0.404. The van der Waals surface area contributed by atoms with E-state index in [1.807, 2.05) is 0 Å². The molecule has 0 heterocycles. The van der Waals surface area contributed by atoms with Gasteiger partial charge in [-0.3, -0.25) is 10.1 Å². The second-order valence-corrected chi connectivity index (χ2v) is 7.24. The Bertz CT molecular complexity index is 593. The number of benzene rings is 1. The van der Waals surface area contributed by atoms with Gasteiger partial charge in [-0.15, -0.1) is 0 Å². The summed E-state index contributed by atoms with van der Waals surface area (Å²) in [7, 11) is -3.80. The van der Waals surface area contributed by atoms with Gasteiger partial charge in [0.15, 0.2) is 5.94 Å². The highest BCUT2D eigenvalue weighted by Crippen LogP contribution is 2.26. The third-order valence-corrected chi connectivity index (χ3v) is 5.21. The van der Waals surface area contributed by atoms with E-state index in [-0.39, 0.29) is 4.90 Å². The van der Waals surface area contributed by atoms with Gasteiger partial charge in [0.1, 0.15) is 4.90 Å². The predicted octanol–water partition coefficient (Wildman–Crippen LogP) is 2.92. The lowest BCUT2D eigenvalue weighted by Gasteiger charge is -2.21. The first-order chi connectivity index (χ1) is 10.0. The number of nitrogens with zero attached hydrogens (tertiary/aromatic N) is 1. The molecule has 116 valence electrons. The predicted molar refractivity (Wildman–Crippen MR) is 77.7 cm³/mol. The molecule has 0 amide bonds. The minimum absolute atomic E-state index is 0.279. The molecule has 7 heteroatoms. The quantitative estimate of drug-likeness (QED) is 0.595. The van der Waals surface area contributed by atoms with Gasteiger partial charge in [0.05, 0.1) is 11.5 Å². The largest absolute Gasteiger partial charge is 0.365 e. The normalized spacial score (nSPS) is 16.8. The molecular weight excluding hydrogens is 294 g/mol. The lowest BCUT2D eigenvalue weighted by atomic mass is 9.90.